The highest BCUT2D eigenvalue weighted by Crippen LogP contribution is 2.27. The first-order valence-corrected chi connectivity index (χ1v) is 6.35. The molecule has 0 bridgehead atoms. The molecule has 4 nitrogen and oxygen atoms in total. The van der Waals surface area contributed by atoms with Crippen molar-refractivity contribution in [2.24, 2.45) is 11.8 Å². The third-order valence-electron chi connectivity index (χ3n) is 2.95. The summed E-state index contributed by atoms with van der Waals surface area (Å²) in [6.07, 6.45) is 2.71. The molecule has 1 saturated heterocycles. The van der Waals surface area contributed by atoms with Crippen molar-refractivity contribution in [3.05, 3.63) is 21.2 Å². The molecule has 16 heavy (non-hydrogen) atoms. The Morgan fingerprint density at radius 2 is 2.06 bits per heavy atom. The summed E-state index contributed by atoms with van der Waals surface area (Å²) in [5, 5.41) is 0. The van der Waals surface area contributed by atoms with Gasteiger partial charge in [0.25, 0.3) is 5.56 Å². The lowest BCUT2D eigenvalue weighted by Gasteiger charge is -2.35. The van der Waals surface area contributed by atoms with Gasteiger partial charge in [-0.3, -0.25) is 4.79 Å². The number of piperidine rings is 1. The van der Waals surface area contributed by atoms with Crippen LogP contribution in [0.25, 0.3) is 0 Å². The summed E-state index contributed by atoms with van der Waals surface area (Å²) in [5.74, 6) is 2.07. The maximum atomic E-state index is 11.5. The molecule has 1 aromatic heterocycles. The average Bonchev–Trinajstić information content (AvgIpc) is 2.20. The number of anilines is 1. The van der Waals surface area contributed by atoms with E-state index in [2.05, 4.69) is 44.6 Å². The Morgan fingerprint density at radius 1 is 1.44 bits per heavy atom. The molecule has 0 aliphatic carbocycles. The smallest absolute Gasteiger partial charge is 0.267 e. The van der Waals surface area contributed by atoms with Gasteiger partial charge < -0.3 is 9.88 Å². The Hall–Kier alpha value is -0.840. The van der Waals surface area contributed by atoms with E-state index in [1.54, 1.807) is 0 Å². The van der Waals surface area contributed by atoms with Crippen LogP contribution >= 0.6 is 15.9 Å². The lowest BCUT2D eigenvalue weighted by atomic mass is 9.92. The molecule has 1 fully saturated rings. The van der Waals surface area contributed by atoms with E-state index in [4.69, 9.17) is 0 Å². The highest BCUT2D eigenvalue weighted by Gasteiger charge is 2.24. The number of H-pyrrole nitrogens is 1. The molecule has 2 rings (SSSR count). The summed E-state index contributed by atoms with van der Waals surface area (Å²) < 4.78 is 0.538. The number of rotatable bonds is 1. The van der Waals surface area contributed by atoms with E-state index in [1.807, 2.05) is 0 Å². The molecule has 0 amide bonds. The second kappa shape index (κ2) is 4.57. The van der Waals surface area contributed by atoms with Crippen molar-refractivity contribution < 1.29 is 0 Å². The van der Waals surface area contributed by atoms with E-state index in [9.17, 15) is 4.79 Å². The number of nitrogens with zero attached hydrogens (tertiary/aromatic N) is 2. The SMILES string of the molecule is CC1CC(C)CN(c2nc[nH]c(=O)c2Br)C1. The molecule has 1 aromatic rings. The molecule has 1 aliphatic rings. The molecule has 2 heterocycles. The van der Waals surface area contributed by atoms with Crippen LogP contribution in [0.1, 0.15) is 20.3 Å². The summed E-state index contributed by atoms with van der Waals surface area (Å²) in [4.78, 5) is 20.5. The van der Waals surface area contributed by atoms with Crippen LogP contribution in [0.15, 0.2) is 15.6 Å². The van der Waals surface area contributed by atoms with Gasteiger partial charge in [0.1, 0.15) is 10.3 Å². The van der Waals surface area contributed by atoms with Crippen LogP contribution in [-0.4, -0.2) is 23.1 Å². The third kappa shape index (κ3) is 2.29. The summed E-state index contributed by atoms with van der Waals surface area (Å²) in [6, 6.07) is 0. The van der Waals surface area contributed by atoms with Gasteiger partial charge in [-0.1, -0.05) is 13.8 Å². The largest absolute Gasteiger partial charge is 0.355 e. The zero-order valence-electron chi connectivity index (χ0n) is 9.53. The molecule has 1 N–H and O–H groups in total. The van der Waals surface area contributed by atoms with Crippen molar-refractivity contribution in [3.8, 4) is 0 Å². The van der Waals surface area contributed by atoms with Gasteiger partial charge in [0.15, 0.2) is 0 Å². The van der Waals surface area contributed by atoms with Crippen LogP contribution in [0, 0.1) is 11.8 Å². The van der Waals surface area contributed by atoms with Crippen molar-refractivity contribution >= 4 is 21.7 Å². The van der Waals surface area contributed by atoms with Gasteiger partial charge in [0.05, 0.1) is 6.33 Å². The topological polar surface area (TPSA) is 49.0 Å². The van der Waals surface area contributed by atoms with Gasteiger partial charge in [-0.2, -0.15) is 0 Å². The quantitative estimate of drug-likeness (QED) is 0.859. The predicted molar refractivity (Wildman–Crippen MR) is 67.7 cm³/mol. The molecule has 88 valence electrons. The van der Waals surface area contributed by atoms with Crippen LogP contribution in [0.3, 0.4) is 0 Å². The zero-order valence-corrected chi connectivity index (χ0v) is 11.1. The molecule has 0 radical (unpaired) electrons. The molecular weight excluding hydrogens is 270 g/mol. The van der Waals surface area contributed by atoms with E-state index in [0.717, 1.165) is 18.9 Å². The van der Waals surface area contributed by atoms with Gasteiger partial charge in [0, 0.05) is 13.1 Å². The Morgan fingerprint density at radius 3 is 2.69 bits per heavy atom. The summed E-state index contributed by atoms with van der Waals surface area (Å²) in [7, 11) is 0. The second-order valence-corrected chi connectivity index (χ2v) is 5.51. The fraction of sp³-hybridized carbons (Fsp3) is 0.636. The highest BCUT2D eigenvalue weighted by atomic mass is 79.9. The molecule has 5 heteroatoms. The van der Waals surface area contributed by atoms with E-state index in [1.165, 1.54) is 12.7 Å². The van der Waals surface area contributed by atoms with E-state index in [-0.39, 0.29) is 5.56 Å². The van der Waals surface area contributed by atoms with Gasteiger partial charge in [0.2, 0.25) is 0 Å². The normalized spacial score (nSPS) is 25.8. The number of aromatic nitrogens is 2. The standard InChI is InChI=1S/C11H16BrN3O/c1-7-3-8(2)5-15(4-7)10-9(12)11(16)14-6-13-10/h6-8H,3-5H2,1-2H3,(H,13,14,16). The first-order valence-electron chi connectivity index (χ1n) is 5.56. The summed E-state index contributed by atoms with van der Waals surface area (Å²) in [6.45, 7) is 6.42. The van der Waals surface area contributed by atoms with Crippen LogP contribution in [0.4, 0.5) is 5.82 Å². The number of halogens is 1. The van der Waals surface area contributed by atoms with Crippen molar-refractivity contribution in [3.63, 3.8) is 0 Å². The number of nitrogens with one attached hydrogen (secondary N) is 1. The van der Waals surface area contributed by atoms with Gasteiger partial charge in [-0.15, -0.1) is 0 Å². The maximum absolute atomic E-state index is 11.5. The van der Waals surface area contributed by atoms with Crippen LogP contribution < -0.4 is 10.5 Å². The van der Waals surface area contributed by atoms with Gasteiger partial charge >= 0.3 is 0 Å². The monoisotopic (exact) mass is 285 g/mol. The van der Waals surface area contributed by atoms with E-state index < -0.39 is 0 Å². The van der Waals surface area contributed by atoms with Crippen LogP contribution in [0.2, 0.25) is 0 Å². The minimum atomic E-state index is -0.115. The zero-order chi connectivity index (χ0) is 11.7. The van der Waals surface area contributed by atoms with E-state index in [0.29, 0.717) is 16.3 Å². The fourth-order valence-corrected chi connectivity index (χ4v) is 2.90. The molecule has 0 saturated carbocycles. The lowest BCUT2D eigenvalue weighted by molar-refractivity contribution is 0.355. The Labute approximate surface area is 103 Å². The lowest BCUT2D eigenvalue weighted by Crippen LogP contribution is -2.40. The van der Waals surface area contributed by atoms with Crippen molar-refractivity contribution in [2.45, 2.75) is 20.3 Å². The van der Waals surface area contributed by atoms with Crippen molar-refractivity contribution in [1.82, 2.24) is 9.97 Å². The highest BCUT2D eigenvalue weighted by molar-refractivity contribution is 9.10. The van der Waals surface area contributed by atoms with E-state index >= 15 is 0 Å². The minimum Gasteiger partial charge on any atom is -0.355 e. The molecule has 2 unspecified atom stereocenters. The first-order chi connectivity index (χ1) is 7.58. The van der Waals surface area contributed by atoms with Crippen molar-refractivity contribution in [1.29, 1.82) is 0 Å². The van der Waals surface area contributed by atoms with Crippen LogP contribution in [-0.2, 0) is 0 Å². The first kappa shape index (κ1) is 11.6. The summed E-state index contributed by atoms with van der Waals surface area (Å²) in [5.41, 5.74) is -0.115. The number of hydrogen-bond acceptors (Lipinski definition) is 3. The third-order valence-corrected chi connectivity index (χ3v) is 3.66. The molecular formula is C11H16BrN3O. The molecule has 0 spiro atoms. The predicted octanol–water partition coefficient (Wildman–Crippen LogP) is 2.01. The molecule has 2 atom stereocenters. The number of aromatic amines is 1. The summed E-state index contributed by atoms with van der Waals surface area (Å²) >= 11 is 3.31. The fourth-order valence-electron chi connectivity index (χ4n) is 2.43. The number of hydrogen-bond donors (Lipinski definition) is 1. The maximum Gasteiger partial charge on any atom is 0.267 e. The Balaban J connectivity index is 2.30. The van der Waals surface area contributed by atoms with Gasteiger partial charge in [-0.25, -0.2) is 4.98 Å². The Bertz CT molecular complexity index is 421. The second-order valence-electron chi connectivity index (χ2n) is 4.72. The van der Waals surface area contributed by atoms with Gasteiger partial charge in [-0.05, 0) is 34.2 Å². The molecule has 0 aromatic carbocycles. The Kier molecular flexibility index (Phi) is 3.33. The molecule has 1 aliphatic heterocycles. The minimum absolute atomic E-state index is 0.115. The average molecular weight is 286 g/mol. The van der Waals surface area contributed by atoms with Crippen molar-refractivity contribution in [2.75, 3.05) is 18.0 Å². The van der Waals surface area contributed by atoms with Crippen LogP contribution in [0.5, 0.6) is 0 Å².